The van der Waals surface area contributed by atoms with Gasteiger partial charge in [0.2, 0.25) is 5.95 Å². The first-order valence-corrected chi connectivity index (χ1v) is 9.80. The van der Waals surface area contributed by atoms with Gasteiger partial charge in [-0.3, -0.25) is 9.88 Å². The Balaban J connectivity index is 1.41. The fourth-order valence-corrected chi connectivity index (χ4v) is 3.50. The lowest BCUT2D eigenvalue weighted by Crippen LogP contribution is -2.24. The van der Waals surface area contributed by atoms with Crippen molar-refractivity contribution in [3.05, 3.63) is 60.1 Å². The highest BCUT2D eigenvalue weighted by atomic mass is 15.2. The van der Waals surface area contributed by atoms with Gasteiger partial charge in [-0.2, -0.15) is 5.26 Å². The number of anilines is 3. The van der Waals surface area contributed by atoms with Gasteiger partial charge in [0.05, 0.1) is 36.0 Å². The normalized spacial score (nSPS) is 16.2. The first-order valence-electron chi connectivity index (χ1n) is 9.80. The fourth-order valence-electron chi connectivity index (χ4n) is 3.50. The van der Waals surface area contributed by atoms with Crippen molar-refractivity contribution in [3.63, 3.8) is 0 Å². The molecule has 0 radical (unpaired) electrons. The molecule has 1 N–H and O–H groups in total. The maximum atomic E-state index is 8.83. The Kier molecular flexibility index (Phi) is 5.77. The van der Waals surface area contributed by atoms with E-state index in [4.69, 9.17) is 5.26 Å². The molecule has 0 spiro atoms. The molecule has 1 saturated heterocycles. The van der Waals surface area contributed by atoms with Crippen LogP contribution in [0.2, 0.25) is 0 Å². The zero-order valence-electron chi connectivity index (χ0n) is 17.0. The number of rotatable bonds is 6. The molecule has 9 heteroatoms. The van der Waals surface area contributed by atoms with E-state index in [2.05, 4.69) is 35.1 Å². The van der Waals surface area contributed by atoms with E-state index in [0.717, 1.165) is 42.9 Å². The number of hydrogen-bond donors (Lipinski definition) is 1. The van der Waals surface area contributed by atoms with Crippen LogP contribution in [0.25, 0.3) is 0 Å². The van der Waals surface area contributed by atoms with Crippen LogP contribution >= 0.6 is 0 Å². The van der Waals surface area contributed by atoms with E-state index >= 15 is 0 Å². The van der Waals surface area contributed by atoms with E-state index in [9.17, 15) is 0 Å². The average molecular weight is 401 g/mol. The first-order chi connectivity index (χ1) is 14.6. The van der Waals surface area contributed by atoms with Crippen molar-refractivity contribution in [2.24, 2.45) is 0 Å². The van der Waals surface area contributed by atoms with Crippen LogP contribution in [0.15, 0.2) is 43.1 Å². The van der Waals surface area contributed by atoms with Crippen molar-refractivity contribution in [3.8, 4) is 6.07 Å². The molecule has 0 amide bonds. The van der Waals surface area contributed by atoms with Crippen LogP contribution in [0.5, 0.6) is 0 Å². The molecule has 0 unspecified atom stereocenters. The Morgan fingerprint density at radius 1 is 1.07 bits per heavy atom. The fraction of sp³-hybridized carbons (Fsp3) is 0.333. The quantitative estimate of drug-likeness (QED) is 0.667. The number of likely N-dealkylation sites (tertiary alicyclic amines) is 1. The van der Waals surface area contributed by atoms with Crippen molar-refractivity contribution in [1.29, 1.82) is 5.26 Å². The second kappa shape index (κ2) is 8.80. The molecule has 1 atom stereocenters. The Morgan fingerprint density at radius 3 is 2.53 bits per heavy atom. The molecular weight excluding hydrogens is 378 g/mol. The molecule has 1 aliphatic heterocycles. The lowest BCUT2D eigenvalue weighted by Gasteiger charge is -2.24. The van der Waals surface area contributed by atoms with E-state index < -0.39 is 0 Å². The summed E-state index contributed by atoms with van der Waals surface area (Å²) >= 11 is 0. The second-order valence-corrected chi connectivity index (χ2v) is 7.41. The smallest absolute Gasteiger partial charge is 0.224 e. The predicted octanol–water partition coefficient (Wildman–Crippen LogP) is 2.68. The van der Waals surface area contributed by atoms with Crippen molar-refractivity contribution in [1.82, 2.24) is 29.8 Å². The summed E-state index contributed by atoms with van der Waals surface area (Å²) in [6.07, 6.45) is 11.1. The number of nitrogens with zero attached hydrogens (tertiary/aromatic N) is 8. The molecule has 3 aromatic heterocycles. The van der Waals surface area contributed by atoms with Crippen molar-refractivity contribution in [2.45, 2.75) is 25.4 Å². The monoisotopic (exact) mass is 401 g/mol. The summed E-state index contributed by atoms with van der Waals surface area (Å²) in [4.78, 5) is 26.3. The highest BCUT2D eigenvalue weighted by molar-refractivity contribution is 5.54. The van der Waals surface area contributed by atoms with E-state index in [-0.39, 0.29) is 6.04 Å². The molecule has 3 aromatic rings. The molecule has 0 bridgehead atoms. The molecule has 4 rings (SSSR count). The molecular formula is C21H23N9. The third-order valence-electron chi connectivity index (χ3n) is 5.00. The van der Waals surface area contributed by atoms with Crippen molar-refractivity contribution < 1.29 is 0 Å². The van der Waals surface area contributed by atoms with E-state index in [0.29, 0.717) is 17.5 Å². The average Bonchev–Trinajstić information content (AvgIpc) is 3.23. The van der Waals surface area contributed by atoms with Gasteiger partial charge in [0.15, 0.2) is 0 Å². The van der Waals surface area contributed by atoms with Gasteiger partial charge in [0.25, 0.3) is 0 Å². The van der Waals surface area contributed by atoms with Crippen LogP contribution in [0.1, 0.15) is 35.8 Å². The number of nitriles is 1. The van der Waals surface area contributed by atoms with Gasteiger partial charge in [-0.05, 0) is 31.5 Å². The Morgan fingerprint density at radius 2 is 1.90 bits per heavy atom. The molecule has 30 heavy (non-hydrogen) atoms. The molecule has 0 saturated carbocycles. The van der Waals surface area contributed by atoms with Crippen LogP contribution in [-0.2, 0) is 6.54 Å². The number of pyridine rings is 1. The summed E-state index contributed by atoms with van der Waals surface area (Å²) in [5.74, 6) is 1.35. The van der Waals surface area contributed by atoms with Gasteiger partial charge in [-0.25, -0.2) is 19.9 Å². The molecule has 1 aliphatic rings. The zero-order chi connectivity index (χ0) is 20.9. The Hall–Kier alpha value is -3.64. The SMILES string of the molecule is CN(C)c1ncc(CN2CCC[C@@H]2c2cnc(Nc3ccc(C#N)nc3)cn2)cn1. The summed E-state index contributed by atoms with van der Waals surface area (Å²) < 4.78 is 0. The number of aromatic nitrogens is 5. The van der Waals surface area contributed by atoms with E-state index in [1.54, 1.807) is 24.5 Å². The lowest BCUT2D eigenvalue weighted by atomic mass is 10.1. The first kappa shape index (κ1) is 19.7. The standard InChI is InChI=1S/C21H23N9/c1-29(2)21-26-9-15(10-27-21)14-30-7-3-4-19(30)18-12-25-20(13-24-18)28-17-6-5-16(8-22)23-11-17/h5-6,9-13,19H,3-4,7,14H2,1-2H3,(H,25,28)/t19-/m1/s1. The summed E-state index contributed by atoms with van der Waals surface area (Å²) in [5, 5.41) is 12.0. The minimum atomic E-state index is 0.233. The highest BCUT2D eigenvalue weighted by Crippen LogP contribution is 2.32. The van der Waals surface area contributed by atoms with E-state index in [1.165, 1.54) is 0 Å². The van der Waals surface area contributed by atoms with Crippen LogP contribution in [0, 0.1) is 11.3 Å². The third-order valence-corrected chi connectivity index (χ3v) is 5.00. The number of nitrogens with one attached hydrogen (secondary N) is 1. The van der Waals surface area contributed by atoms with Crippen LogP contribution in [0.3, 0.4) is 0 Å². The zero-order valence-corrected chi connectivity index (χ0v) is 17.0. The van der Waals surface area contributed by atoms with Gasteiger partial charge in [-0.1, -0.05) is 0 Å². The number of hydrogen-bond acceptors (Lipinski definition) is 9. The second-order valence-electron chi connectivity index (χ2n) is 7.41. The van der Waals surface area contributed by atoms with Crippen LogP contribution < -0.4 is 10.2 Å². The molecule has 152 valence electrons. The Bertz CT molecular complexity index is 1010. The van der Waals surface area contributed by atoms with Gasteiger partial charge >= 0.3 is 0 Å². The van der Waals surface area contributed by atoms with E-state index in [1.807, 2.05) is 43.7 Å². The molecule has 9 nitrogen and oxygen atoms in total. The van der Waals surface area contributed by atoms with Crippen LogP contribution in [0.4, 0.5) is 17.5 Å². The Labute approximate surface area is 175 Å². The summed E-state index contributed by atoms with van der Waals surface area (Å²) in [5.41, 5.74) is 3.19. The van der Waals surface area contributed by atoms with Gasteiger partial charge in [0, 0.05) is 38.6 Å². The maximum Gasteiger partial charge on any atom is 0.224 e. The van der Waals surface area contributed by atoms with Crippen molar-refractivity contribution >= 4 is 17.5 Å². The largest absolute Gasteiger partial charge is 0.347 e. The third kappa shape index (κ3) is 4.50. The minimum Gasteiger partial charge on any atom is -0.347 e. The topological polar surface area (TPSA) is 107 Å². The summed E-state index contributed by atoms with van der Waals surface area (Å²) in [6.45, 7) is 1.80. The minimum absolute atomic E-state index is 0.233. The van der Waals surface area contributed by atoms with Gasteiger partial charge in [-0.15, -0.1) is 0 Å². The predicted molar refractivity (Wildman–Crippen MR) is 113 cm³/mol. The van der Waals surface area contributed by atoms with Crippen LogP contribution in [-0.4, -0.2) is 50.5 Å². The molecule has 0 aromatic carbocycles. The molecule has 0 aliphatic carbocycles. The van der Waals surface area contributed by atoms with Gasteiger partial charge in [0.1, 0.15) is 17.6 Å². The summed E-state index contributed by atoms with van der Waals surface area (Å²) in [6, 6.07) is 5.69. The van der Waals surface area contributed by atoms with Gasteiger partial charge < -0.3 is 10.2 Å². The summed E-state index contributed by atoms with van der Waals surface area (Å²) in [7, 11) is 3.86. The maximum absolute atomic E-state index is 8.83. The lowest BCUT2D eigenvalue weighted by molar-refractivity contribution is 0.243. The highest BCUT2D eigenvalue weighted by Gasteiger charge is 2.27. The molecule has 1 fully saturated rings. The van der Waals surface area contributed by atoms with Crippen molar-refractivity contribution in [2.75, 3.05) is 30.9 Å². The molecule has 4 heterocycles.